The van der Waals surface area contributed by atoms with Crippen LogP contribution in [0, 0.1) is 5.82 Å². The van der Waals surface area contributed by atoms with Gasteiger partial charge in [0.1, 0.15) is 5.82 Å². The van der Waals surface area contributed by atoms with Crippen molar-refractivity contribution in [1.29, 1.82) is 0 Å². The van der Waals surface area contributed by atoms with Gasteiger partial charge in [0.15, 0.2) is 0 Å². The summed E-state index contributed by atoms with van der Waals surface area (Å²) < 4.78 is 18.5. The Labute approximate surface area is 193 Å². The molecular weight excluding hydrogens is 458 g/mol. The summed E-state index contributed by atoms with van der Waals surface area (Å²) in [6, 6.07) is 10.8. The number of nitrogens with zero attached hydrogens (tertiary/aromatic N) is 4. The Morgan fingerprint density at radius 3 is 2.38 bits per heavy atom. The van der Waals surface area contributed by atoms with E-state index in [2.05, 4.69) is 10.1 Å². The van der Waals surface area contributed by atoms with Gasteiger partial charge in [0.05, 0.1) is 10.6 Å². The first-order chi connectivity index (χ1) is 15.4. The maximum Gasteiger partial charge on any atom is 0.255 e. The van der Waals surface area contributed by atoms with E-state index in [1.54, 1.807) is 34.1 Å². The molecule has 2 heterocycles. The van der Waals surface area contributed by atoms with Crippen molar-refractivity contribution >= 4 is 35.0 Å². The fraction of sp³-hybridized carbons (Fsp3) is 0.273. The highest BCUT2D eigenvalue weighted by molar-refractivity contribution is 6.33. The van der Waals surface area contributed by atoms with E-state index in [0.717, 1.165) is 11.6 Å². The second-order valence-corrected chi connectivity index (χ2v) is 8.16. The monoisotopic (exact) mass is 476 g/mol. The number of aromatic nitrogens is 2. The van der Waals surface area contributed by atoms with E-state index >= 15 is 0 Å². The molecule has 0 saturated carbocycles. The van der Waals surface area contributed by atoms with Crippen LogP contribution in [-0.4, -0.2) is 57.9 Å². The predicted octanol–water partition coefficient (Wildman–Crippen LogP) is 4.10. The van der Waals surface area contributed by atoms with Gasteiger partial charge in [-0.2, -0.15) is 4.98 Å². The second-order valence-electron chi connectivity index (χ2n) is 7.32. The van der Waals surface area contributed by atoms with Crippen LogP contribution in [0.25, 0.3) is 11.4 Å². The van der Waals surface area contributed by atoms with Crippen LogP contribution in [0.4, 0.5) is 4.39 Å². The largest absolute Gasteiger partial charge is 0.339 e. The van der Waals surface area contributed by atoms with Gasteiger partial charge in [0.2, 0.25) is 17.6 Å². The first-order valence-corrected chi connectivity index (χ1v) is 10.8. The van der Waals surface area contributed by atoms with Crippen LogP contribution in [0.15, 0.2) is 47.0 Å². The molecule has 2 amide bonds. The zero-order valence-electron chi connectivity index (χ0n) is 16.9. The number of piperazine rings is 1. The molecule has 0 unspecified atom stereocenters. The molecule has 1 fully saturated rings. The molecule has 1 saturated heterocycles. The van der Waals surface area contributed by atoms with Crippen LogP contribution >= 0.6 is 23.2 Å². The smallest absolute Gasteiger partial charge is 0.255 e. The molecule has 2 aromatic carbocycles. The summed E-state index contributed by atoms with van der Waals surface area (Å²) in [6.07, 6.45) is 0.545. The van der Waals surface area contributed by atoms with Gasteiger partial charge in [-0.3, -0.25) is 9.59 Å². The van der Waals surface area contributed by atoms with Crippen molar-refractivity contribution in [2.45, 2.75) is 12.8 Å². The lowest BCUT2D eigenvalue weighted by Crippen LogP contribution is -2.50. The number of amides is 2. The number of hydrogen-bond acceptors (Lipinski definition) is 5. The first-order valence-electron chi connectivity index (χ1n) is 10.0. The minimum absolute atomic E-state index is 0.0526. The van der Waals surface area contributed by atoms with Crippen LogP contribution in [-0.2, 0) is 11.2 Å². The zero-order valence-corrected chi connectivity index (χ0v) is 18.4. The molecule has 3 aromatic rings. The normalized spacial score (nSPS) is 14.0. The highest BCUT2D eigenvalue weighted by Crippen LogP contribution is 2.21. The quantitative estimate of drug-likeness (QED) is 0.553. The number of rotatable bonds is 5. The second kappa shape index (κ2) is 9.67. The average molecular weight is 477 g/mol. The predicted molar refractivity (Wildman–Crippen MR) is 117 cm³/mol. The summed E-state index contributed by atoms with van der Waals surface area (Å²) in [5.41, 5.74) is 1.03. The van der Waals surface area contributed by atoms with Gasteiger partial charge in [-0.05, 0) is 42.5 Å². The molecule has 0 radical (unpaired) electrons. The van der Waals surface area contributed by atoms with Crippen LogP contribution in [0.2, 0.25) is 10.0 Å². The highest BCUT2D eigenvalue weighted by atomic mass is 35.5. The Morgan fingerprint density at radius 1 is 1.00 bits per heavy atom. The topological polar surface area (TPSA) is 79.5 Å². The van der Waals surface area contributed by atoms with Gasteiger partial charge < -0.3 is 14.3 Å². The van der Waals surface area contributed by atoms with E-state index < -0.39 is 5.82 Å². The zero-order chi connectivity index (χ0) is 22.7. The molecule has 4 rings (SSSR count). The molecule has 1 aliphatic rings. The molecule has 166 valence electrons. The van der Waals surface area contributed by atoms with Crippen LogP contribution in [0.5, 0.6) is 0 Å². The third-order valence-corrected chi connectivity index (χ3v) is 5.77. The summed E-state index contributed by atoms with van der Waals surface area (Å²) in [5.74, 6) is -0.00638. The maximum atomic E-state index is 13.2. The molecular formula is C22H19Cl2FN4O3. The van der Waals surface area contributed by atoms with E-state index in [0.29, 0.717) is 49.3 Å². The summed E-state index contributed by atoms with van der Waals surface area (Å²) in [6.45, 7) is 1.56. The average Bonchev–Trinajstić information content (AvgIpc) is 3.27. The highest BCUT2D eigenvalue weighted by Gasteiger charge is 2.26. The summed E-state index contributed by atoms with van der Waals surface area (Å²) >= 11 is 11.9. The third kappa shape index (κ3) is 5.08. The fourth-order valence-corrected chi connectivity index (χ4v) is 3.81. The van der Waals surface area contributed by atoms with Crippen LogP contribution in [0.3, 0.4) is 0 Å². The molecule has 7 nitrogen and oxygen atoms in total. The van der Waals surface area contributed by atoms with Gasteiger partial charge in [0.25, 0.3) is 5.91 Å². The Balaban J connectivity index is 1.28. The molecule has 0 bridgehead atoms. The Hall–Kier alpha value is -2.97. The molecule has 0 spiro atoms. The van der Waals surface area contributed by atoms with Gasteiger partial charge in [0, 0.05) is 49.6 Å². The lowest BCUT2D eigenvalue weighted by Gasteiger charge is -2.35. The van der Waals surface area contributed by atoms with E-state index in [-0.39, 0.29) is 28.8 Å². The maximum absolute atomic E-state index is 13.2. The van der Waals surface area contributed by atoms with E-state index in [9.17, 15) is 14.0 Å². The lowest BCUT2D eigenvalue weighted by molar-refractivity contribution is -0.132. The molecule has 1 aromatic heterocycles. The molecule has 10 heteroatoms. The Morgan fingerprint density at radius 2 is 1.69 bits per heavy atom. The summed E-state index contributed by atoms with van der Waals surface area (Å²) in [5, 5.41) is 4.64. The standard InChI is InChI=1S/C22H19Cl2FN4O3/c23-15-3-1-14(2-4-15)21-26-19(32-27-21)7-8-20(30)28-9-11-29(12-10-28)22(31)17-6-5-16(25)13-18(17)24/h1-6,13H,7-12H2. The number of carbonyl (C=O) groups is 2. The SMILES string of the molecule is O=C(CCc1nc(-c2ccc(Cl)cc2)no1)N1CCN(C(=O)c2ccc(F)cc2Cl)CC1. The van der Waals surface area contributed by atoms with Crippen LogP contribution in [0.1, 0.15) is 22.7 Å². The van der Waals surface area contributed by atoms with Gasteiger partial charge in [-0.15, -0.1) is 0 Å². The molecule has 0 N–H and O–H groups in total. The van der Waals surface area contributed by atoms with E-state index in [4.69, 9.17) is 27.7 Å². The van der Waals surface area contributed by atoms with Crippen molar-refractivity contribution in [2.24, 2.45) is 0 Å². The number of hydrogen-bond donors (Lipinski definition) is 0. The van der Waals surface area contributed by atoms with Crippen molar-refractivity contribution in [3.63, 3.8) is 0 Å². The number of carbonyl (C=O) groups excluding carboxylic acids is 2. The van der Waals surface area contributed by atoms with Crippen molar-refractivity contribution < 1.29 is 18.5 Å². The lowest BCUT2D eigenvalue weighted by atomic mass is 10.1. The van der Waals surface area contributed by atoms with Crippen molar-refractivity contribution in [2.75, 3.05) is 26.2 Å². The van der Waals surface area contributed by atoms with Crippen molar-refractivity contribution in [3.8, 4) is 11.4 Å². The number of aryl methyl sites for hydroxylation is 1. The Bertz CT molecular complexity index is 1130. The molecule has 0 aliphatic carbocycles. The van der Waals surface area contributed by atoms with Gasteiger partial charge >= 0.3 is 0 Å². The molecule has 32 heavy (non-hydrogen) atoms. The number of halogens is 3. The molecule has 1 aliphatic heterocycles. The van der Waals surface area contributed by atoms with E-state index in [1.807, 2.05) is 0 Å². The van der Waals surface area contributed by atoms with Gasteiger partial charge in [-0.1, -0.05) is 28.4 Å². The van der Waals surface area contributed by atoms with Crippen molar-refractivity contribution in [3.05, 3.63) is 69.8 Å². The summed E-state index contributed by atoms with van der Waals surface area (Å²) in [7, 11) is 0. The molecule has 0 atom stereocenters. The fourth-order valence-electron chi connectivity index (χ4n) is 3.44. The minimum Gasteiger partial charge on any atom is -0.339 e. The van der Waals surface area contributed by atoms with Crippen LogP contribution < -0.4 is 0 Å². The third-order valence-electron chi connectivity index (χ3n) is 5.20. The Kier molecular flexibility index (Phi) is 6.72. The van der Waals surface area contributed by atoms with Crippen molar-refractivity contribution in [1.82, 2.24) is 19.9 Å². The first kappa shape index (κ1) is 22.2. The summed E-state index contributed by atoms with van der Waals surface area (Å²) in [4.78, 5) is 32.9. The van der Waals surface area contributed by atoms with Gasteiger partial charge in [-0.25, -0.2) is 4.39 Å². The minimum atomic E-state index is -0.497. The van der Waals surface area contributed by atoms with E-state index in [1.165, 1.54) is 12.1 Å². The number of benzene rings is 2.